The van der Waals surface area contributed by atoms with Crippen molar-refractivity contribution in [3.05, 3.63) is 0 Å². The summed E-state index contributed by atoms with van der Waals surface area (Å²) in [4.78, 5) is 36.0. The number of carbonyl (C=O) groups is 3. The van der Waals surface area contributed by atoms with E-state index in [0.29, 0.717) is 6.42 Å². The first-order chi connectivity index (χ1) is 12.1. The minimum atomic E-state index is -0.326. The molecule has 4 rings (SSSR count). The van der Waals surface area contributed by atoms with Gasteiger partial charge < -0.3 is 16.0 Å². The molecule has 6 heteroatoms. The number of carbonyl (C=O) groups excluding carboxylic acids is 3. The fourth-order valence-corrected chi connectivity index (χ4v) is 5.79. The fraction of sp³-hybridized carbons (Fsp3) is 0.850. The molecule has 0 unspecified atom stereocenters. The highest BCUT2D eigenvalue weighted by molar-refractivity contribution is 5.88. The van der Waals surface area contributed by atoms with Crippen LogP contribution < -0.4 is 16.0 Å². The van der Waals surface area contributed by atoms with Gasteiger partial charge in [-0.1, -0.05) is 0 Å². The molecule has 4 saturated carbocycles. The Morgan fingerprint density at radius 3 is 1.77 bits per heavy atom. The second-order valence-corrected chi connectivity index (χ2v) is 9.95. The average molecular weight is 364 g/mol. The van der Waals surface area contributed by atoms with Gasteiger partial charge in [-0.3, -0.25) is 14.4 Å². The molecule has 26 heavy (non-hydrogen) atoms. The van der Waals surface area contributed by atoms with E-state index in [-0.39, 0.29) is 41.8 Å². The SMILES string of the molecule is CC(C)(C)NC(=O)CNC(=O)CNC(=O)CC12CC3CC(CC(C3)C1)C2. The Morgan fingerprint density at radius 1 is 0.808 bits per heavy atom. The summed E-state index contributed by atoms with van der Waals surface area (Å²) < 4.78 is 0. The molecule has 146 valence electrons. The molecule has 0 spiro atoms. The van der Waals surface area contributed by atoms with Crippen LogP contribution in [0.25, 0.3) is 0 Å². The van der Waals surface area contributed by atoms with Gasteiger partial charge in [0, 0.05) is 12.0 Å². The predicted octanol–water partition coefficient (Wildman–Crippen LogP) is 1.74. The number of nitrogens with one attached hydrogen (secondary N) is 3. The van der Waals surface area contributed by atoms with Crippen molar-refractivity contribution in [1.29, 1.82) is 0 Å². The van der Waals surface area contributed by atoms with Crippen LogP contribution in [0.3, 0.4) is 0 Å². The molecule has 0 aromatic carbocycles. The van der Waals surface area contributed by atoms with Gasteiger partial charge in [-0.25, -0.2) is 0 Å². The van der Waals surface area contributed by atoms with Crippen molar-refractivity contribution in [2.24, 2.45) is 23.2 Å². The van der Waals surface area contributed by atoms with Gasteiger partial charge >= 0.3 is 0 Å². The van der Waals surface area contributed by atoms with Crippen LogP contribution >= 0.6 is 0 Å². The van der Waals surface area contributed by atoms with Gasteiger partial charge in [0.05, 0.1) is 13.1 Å². The first-order valence-corrected chi connectivity index (χ1v) is 9.97. The largest absolute Gasteiger partial charge is 0.350 e. The monoisotopic (exact) mass is 363 g/mol. The topological polar surface area (TPSA) is 87.3 Å². The molecular formula is C20H33N3O3. The van der Waals surface area contributed by atoms with Gasteiger partial charge in [-0.05, 0) is 82.5 Å². The van der Waals surface area contributed by atoms with Crippen LogP contribution in [0.5, 0.6) is 0 Å². The van der Waals surface area contributed by atoms with Gasteiger partial charge in [0.2, 0.25) is 17.7 Å². The van der Waals surface area contributed by atoms with E-state index < -0.39 is 0 Å². The van der Waals surface area contributed by atoms with Crippen LogP contribution in [0.4, 0.5) is 0 Å². The first-order valence-electron chi connectivity index (χ1n) is 9.97. The molecule has 4 fully saturated rings. The standard InChI is InChI=1S/C20H33N3O3/c1-19(2,3)23-18(26)12-22-17(25)11-21-16(24)10-20-7-13-4-14(8-20)6-15(5-13)9-20/h13-15H,4-12H2,1-3H3,(H,21,24)(H,22,25)(H,23,26). The Balaban J connectivity index is 1.38. The third-order valence-electron chi connectivity index (χ3n) is 6.11. The average Bonchev–Trinajstić information content (AvgIpc) is 2.47. The summed E-state index contributed by atoms with van der Waals surface area (Å²) in [6.45, 7) is 5.53. The number of hydrogen-bond acceptors (Lipinski definition) is 3. The normalized spacial score (nSPS) is 32.2. The Hall–Kier alpha value is -1.59. The lowest BCUT2D eigenvalue weighted by Crippen LogP contribution is -2.49. The Morgan fingerprint density at radius 2 is 1.27 bits per heavy atom. The van der Waals surface area contributed by atoms with Crippen molar-refractivity contribution in [2.45, 2.75) is 71.3 Å². The van der Waals surface area contributed by atoms with Crippen molar-refractivity contribution < 1.29 is 14.4 Å². The highest BCUT2D eigenvalue weighted by atomic mass is 16.2. The summed E-state index contributed by atoms with van der Waals surface area (Å²) in [5.74, 6) is 1.87. The van der Waals surface area contributed by atoms with Gasteiger partial charge in [0.25, 0.3) is 0 Å². The van der Waals surface area contributed by atoms with E-state index in [1.165, 1.54) is 38.5 Å². The predicted molar refractivity (Wildman–Crippen MR) is 99.1 cm³/mol. The lowest BCUT2D eigenvalue weighted by molar-refractivity contribution is -0.132. The molecule has 3 N–H and O–H groups in total. The molecule has 0 aromatic heterocycles. The van der Waals surface area contributed by atoms with Crippen LogP contribution in [-0.2, 0) is 14.4 Å². The third-order valence-corrected chi connectivity index (χ3v) is 6.11. The maximum atomic E-state index is 12.4. The molecule has 4 bridgehead atoms. The maximum Gasteiger partial charge on any atom is 0.239 e. The van der Waals surface area contributed by atoms with Crippen molar-refractivity contribution in [3.8, 4) is 0 Å². The molecule has 0 radical (unpaired) electrons. The van der Waals surface area contributed by atoms with E-state index in [2.05, 4.69) is 16.0 Å². The van der Waals surface area contributed by atoms with Crippen LogP contribution in [0.1, 0.15) is 65.7 Å². The second kappa shape index (κ2) is 7.20. The van der Waals surface area contributed by atoms with Crippen LogP contribution in [0.15, 0.2) is 0 Å². The molecule has 0 heterocycles. The van der Waals surface area contributed by atoms with Crippen molar-refractivity contribution in [1.82, 2.24) is 16.0 Å². The minimum Gasteiger partial charge on any atom is -0.350 e. The zero-order chi connectivity index (χ0) is 18.9. The van der Waals surface area contributed by atoms with E-state index in [0.717, 1.165) is 17.8 Å². The molecule has 3 amide bonds. The molecule has 4 aliphatic carbocycles. The van der Waals surface area contributed by atoms with Crippen molar-refractivity contribution in [2.75, 3.05) is 13.1 Å². The Labute approximate surface area is 156 Å². The first kappa shape index (κ1) is 19.2. The molecule has 0 aliphatic heterocycles. The quantitative estimate of drug-likeness (QED) is 0.672. The van der Waals surface area contributed by atoms with E-state index in [1.807, 2.05) is 20.8 Å². The van der Waals surface area contributed by atoms with E-state index in [4.69, 9.17) is 0 Å². The highest BCUT2D eigenvalue weighted by Gasteiger charge is 2.51. The smallest absolute Gasteiger partial charge is 0.239 e. The number of amides is 3. The molecule has 0 aromatic rings. The molecule has 4 aliphatic rings. The molecule has 6 nitrogen and oxygen atoms in total. The zero-order valence-electron chi connectivity index (χ0n) is 16.3. The summed E-state index contributed by atoms with van der Waals surface area (Å²) in [5.41, 5.74) is -0.143. The molecule has 0 atom stereocenters. The fourth-order valence-electron chi connectivity index (χ4n) is 5.79. The molecular weight excluding hydrogens is 330 g/mol. The maximum absolute atomic E-state index is 12.4. The lowest BCUT2D eigenvalue weighted by Gasteiger charge is -2.56. The van der Waals surface area contributed by atoms with Crippen LogP contribution in [-0.4, -0.2) is 36.3 Å². The van der Waals surface area contributed by atoms with E-state index >= 15 is 0 Å². The van der Waals surface area contributed by atoms with E-state index in [9.17, 15) is 14.4 Å². The number of hydrogen-bond donors (Lipinski definition) is 3. The van der Waals surface area contributed by atoms with Crippen molar-refractivity contribution >= 4 is 17.7 Å². The van der Waals surface area contributed by atoms with Crippen LogP contribution in [0.2, 0.25) is 0 Å². The van der Waals surface area contributed by atoms with Gasteiger partial charge in [-0.2, -0.15) is 0 Å². The number of rotatable bonds is 6. The molecule has 0 saturated heterocycles. The van der Waals surface area contributed by atoms with Crippen LogP contribution in [0, 0.1) is 23.2 Å². The van der Waals surface area contributed by atoms with Gasteiger partial charge in [0.15, 0.2) is 0 Å². The second-order valence-electron chi connectivity index (χ2n) is 9.95. The van der Waals surface area contributed by atoms with Gasteiger partial charge in [0.1, 0.15) is 0 Å². The highest BCUT2D eigenvalue weighted by Crippen LogP contribution is 2.61. The summed E-state index contributed by atoms with van der Waals surface area (Å²) >= 11 is 0. The van der Waals surface area contributed by atoms with Crippen molar-refractivity contribution in [3.63, 3.8) is 0 Å². The summed E-state index contributed by atoms with van der Waals surface area (Å²) in [7, 11) is 0. The minimum absolute atomic E-state index is 0.0266. The summed E-state index contributed by atoms with van der Waals surface area (Å²) in [5, 5.41) is 8.08. The summed E-state index contributed by atoms with van der Waals surface area (Å²) in [6.07, 6.45) is 8.19. The lowest BCUT2D eigenvalue weighted by atomic mass is 9.49. The summed E-state index contributed by atoms with van der Waals surface area (Å²) in [6, 6.07) is 0. The van der Waals surface area contributed by atoms with Gasteiger partial charge in [-0.15, -0.1) is 0 Å². The zero-order valence-corrected chi connectivity index (χ0v) is 16.3. The Bertz CT molecular complexity index is 544. The Kier molecular flexibility index (Phi) is 5.31. The third kappa shape index (κ3) is 4.98. The van der Waals surface area contributed by atoms with E-state index in [1.54, 1.807) is 0 Å².